The molecule has 124 valence electrons. The molecule has 6 heteroatoms. The van der Waals surface area contributed by atoms with E-state index in [-0.39, 0.29) is 0 Å². The Morgan fingerprint density at radius 2 is 2.08 bits per heavy atom. The molecule has 0 aliphatic heterocycles. The van der Waals surface area contributed by atoms with Crippen LogP contribution in [0.4, 0.5) is 5.82 Å². The van der Waals surface area contributed by atoms with Crippen molar-refractivity contribution in [2.75, 3.05) is 5.32 Å². The number of anilines is 1. The predicted molar refractivity (Wildman–Crippen MR) is 93.0 cm³/mol. The number of aryl methyl sites for hydroxylation is 1. The van der Waals surface area contributed by atoms with Crippen LogP contribution < -0.4 is 10.1 Å². The van der Waals surface area contributed by atoms with Crippen molar-refractivity contribution in [3.05, 3.63) is 42.5 Å². The van der Waals surface area contributed by atoms with Crippen molar-refractivity contribution in [2.45, 2.75) is 45.4 Å². The number of rotatable bonds is 6. The minimum atomic E-state index is 0.372. The first-order valence-electron chi connectivity index (χ1n) is 8.49. The van der Waals surface area contributed by atoms with Crippen LogP contribution >= 0.6 is 0 Å². The van der Waals surface area contributed by atoms with Gasteiger partial charge in [0.2, 0.25) is 0 Å². The predicted octanol–water partition coefficient (Wildman–Crippen LogP) is 3.39. The van der Waals surface area contributed by atoms with Crippen LogP contribution in [-0.2, 0) is 13.1 Å². The zero-order chi connectivity index (χ0) is 16.4. The molecule has 1 aromatic carbocycles. The standard InChI is InChI=1S/C18H21N5O/c1-2-23-12-22-16-17(20-11-21-18(16)23)19-10-13-6-3-4-9-15(13)24-14-7-5-8-14/h3-4,6,9,11-12,14H,2,5,7-8,10H2,1H3,(H,19,20,21). The van der Waals surface area contributed by atoms with Crippen LogP contribution in [0, 0.1) is 0 Å². The number of fused-ring (bicyclic) bond motifs is 1. The molecule has 1 saturated carbocycles. The molecule has 2 aromatic heterocycles. The molecule has 24 heavy (non-hydrogen) atoms. The number of nitrogens with one attached hydrogen (secondary N) is 1. The second-order valence-corrected chi connectivity index (χ2v) is 6.06. The maximum atomic E-state index is 6.09. The highest BCUT2D eigenvalue weighted by molar-refractivity contribution is 5.82. The van der Waals surface area contributed by atoms with Gasteiger partial charge in [-0.15, -0.1) is 0 Å². The molecule has 6 nitrogen and oxygen atoms in total. The summed E-state index contributed by atoms with van der Waals surface area (Å²) in [7, 11) is 0. The number of benzene rings is 1. The SMILES string of the molecule is CCn1cnc2c(NCc3ccccc3OC3CCC3)ncnc21. The zero-order valence-corrected chi connectivity index (χ0v) is 13.8. The topological polar surface area (TPSA) is 64.9 Å². The maximum Gasteiger partial charge on any atom is 0.165 e. The van der Waals surface area contributed by atoms with Crippen LogP contribution in [0.25, 0.3) is 11.2 Å². The molecular weight excluding hydrogens is 302 g/mol. The molecule has 0 bridgehead atoms. The van der Waals surface area contributed by atoms with E-state index in [0.29, 0.717) is 12.6 Å². The van der Waals surface area contributed by atoms with Gasteiger partial charge in [0.05, 0.1) is 12.4 Å². The molecule has 0 atom stereocenters. The molecule has 1 aliphatic carbocycles. The van der Waals surface area contributed by atoms with E-state index < -0.39 is 0 Å². The normalized spacial score (nSPS) is 14.5. The van der Waals surface area contributed by atoms with E-state index in [2.05, 4.69) is 33.3 Å². The van der Waals surface area contributed by atoms with Crippen LogP contribution in [-0.4, -0.2) is 25.6 Å². The van der Waals surface area contributed by atoms with E-state index in [1.807, 2.05) is 22.8 Å². The zero-order valence-electron chi connectivity index (χ0n) is 13.8. The summed E-state index contributed by atoms with van der Waals surface area (Å²) in [6.45, 7) is 3.56. The summed E-state index contributed by atoms with van der Waals surface area (Å²) in [6.07, 6.45) is 7.33. The summed E-state index contributed by atoms with van der Waals surface area (Å²) in [5, 5.41) is 3.38. The van der Waals surface area contributed by atoms with E-state index in [1.54, 1.807) is 12.7 Å². The number of hydrogen-bond donors (Lipinski definition) is 1. The van der Waals surface area contributed by atoms with E-state index in [9.17, 15) is 0 Å². The second-order valence-electron chi connectivity index (χ2n) is 6.06. The summed E-state index contributed by atoms with van der Waals surface area (Å²) in [4.78, 5) is 13.1. The molecule has 0 radical (unpaired) electrons. The molecule has 2 heterocycles. The smallest absolute Gasteiger partial charge is 0.165 e. The molecular formula is C18H21N5O. The lowest BCUT2D eigenvalue weighted by Gasteiger charge is -2.27. The number of ether oxygens (including phenoxy) is 1. The van der Waals surface area contributed by atoms with Crippen LogP contribution in [0.2, 0.25) is 0 Å². The monoisotopic (exact) mass is 323 g/mol. The van der Waals surface area contributed by atoms with Crippen LogP contribution in [0.15, 0.2) is 36.9 Å². The molecule has 0 unspecified atom stereocenters. The summed E-state index contributed by atoms with van der Waals surface area (Å²) >= 11 is 0. The van der Waals surface area contributed by atoms with Gasteiger partial charge >= 0.3 is 0 Å². The fourth-order valence-electron chi connectivity index (χ4n) is 2.85. The van der Waals surface area contributed by atoms with Gasteiger partial charge in [-0.1, -0.05) is 18.2 Å². The molecule has 4 rings (SSSR count). The average Bonchev–Trinajstić information content (AvgIpc) is 3.01. The molecule has 3 aromatic rings. The van der Waals surface area contributed by atoms with E-state index in [0.717, 1.165) is 47.7 Å². The Kier molecular flexibility index (Phi) is 4.02. The highest BCUT2D eigenvalue weighted by Crippen LogP contribution is 2.28. The fourth-order valence-corrected chi connectivity index (χ4v) is 2.85. The largest absolute Gasteiger partial charge is 0.490 e. The van der Waals surface area contributed by atoms with Crippen molar-refractivity contribution in [2.24, 2.45) is 0 Å². The van der Waals surface area contributed by atoms with Crippen LogP contribution in [0.3, 0.4) is 0 Å². The number of nitrogens with zero attached hydrogens (tertiary/aromatic N) is 4. The minimum Gasteiger partial charge on any atom is -0.490 e. The first-order chi connectivity index (χ1) is 11.8. The van der Waals surface area contributed by atoms with E-state index in [4.69, 9.17) is 4.74 Å². The second kappa shape index (κ2) is 6.47. The minimum absolute atomic E-state index is 0.372. The number of hydrogen-bond acceptors (Lipinski definition) is 5. The van der Waals surface area contributed by atoms with Gasteiger partial charge in [-0.25, -0.2) is 15.0 Å². The number of aromatic nitrogens is 4. The first kappa shape index (κ1) is 14.9. The van der Waals surface area contributed by atoms with Crippen LogP contribution in [0.5, 0.6) is 5.75 Å². The van der Waals surface area contributed by atoms with E-state index in [1.165, 1.54) is 6.42 Å². The van der Waals surface area contributed by atoms with Gasteiger partial charge in [-0.05, 0) is 32.3 Å². The van der Waals surface area contributed by atoms with Crippen molar-refractivity contribution >= 4 is 17.0 Å². The lowest BCUT2D eigenvalue weighted by atomic mass is 9.96. The first-order valence-corrected chi connectivity index (χ1v) is 8.49. The molecule has 0 saturated heterocycles. The summed E-state index contributed by atoms with van der Waals surface area (Å²) < 4.78 is 8.10. The summed E-state index contributed by atoms with van der Waals surface area (Å²) in [6, 6.07) is 8.18. The van der Waals surface area contributed by atoms with Gasteiger partial charge in [0.1, 0.15) is 17.6 Å². The van der Waals surface area contributed by atoms with E-state index >= 15 is 0 Å². The van der Waals surface area contributed by atoms with Crippen molar-refractivity contribution in [3.8, 4) is 5.75 Å². The van der Waals surface area contributed by atoms with Gasteiger partial charge < -0.3 is 14.6 Å². The van der Waals surface area contributed by atoms with Crippen molar-refractivity contribution in [3.63, 3.8) is 0 Å². The highest BCUT2D eigenvalue weighted by atomic mass is 16.5. The summed E-state index contributed by atoms with van der Waals surface area (Å²) in [5.74, 6) is 1.71. The molecule has 0 spiro atoms. The molecule has 0 amide bonds. The number of para-hydroxylation sites is 1. The average molecular weight is 323 g/mol. The van der Waals surface area contributed by atoms with Crippen LogP contribution in [0.1, 0.15) is 31.7 Å². The Morgan fingerprint density at radius 3 is 2.88 bits per heavy atom. The third-order valence-corrected chi connectivity index (χ3v) is 4.51. The van der Waals surface area contributed by atoms with Crippen molar-refractivity contribution in [1.82, 2.24) is 19.5 Å². The molecule has 1 N–H and O–H groups in total. The maximum absolute atomic E-state index is 6.09. The Balaban J connectivity index is 1.54. The molecule has 1 aliphatic rings. The number of imidazole rings is 1. The third kappa shape index (κ3) is 2.79. The fraction of sp³-hybridized carbons (Fsp3) is 0.389. The lowest BCUT2D eigenvalue weighted by Crippen LogP contribution is -2.25. The molecule has 1 fully saturated rings. The summed E-state index contributed by atoms with van der Waals surface area (Å²) in [5.41, 5.74) is 2.79. The van der Waals surface area contributed by atoms with Crippen molar-refractivity contribution in [1.29, 1.82) is 0 Å². The van der Waals surface area contributed by atoms with Gasteiger partial charge in [0.15, 0.2) is 11.5 Å². The van der Waals surface area contributed by atoms with Gasteiger partial charge in [0, 0.05) is 18.7 Å². The Bertz CT molecular complexity index is 840. The van der Waals surface area contributed by atoms with Gasteiger partial charge in [-0.3, -0.25) is 0 Å². The Morgan fingerprint density at radius 1 is 1.21 bits per heavy atom. The van der Waals surface area contributed by atoms with Crippen molar-refractivity contribution < 1.29 is 4.74 Å². The third-order valence-electron chi connectivity index (χ3n) is 4.51. The van der Waals surface area contributed by atoms with Gasteiger partial charge in [0.25, 0.3) is 0 Å². The lowest BCUT2D eigenvalue weighted by molar-refractivity contribution is 0.119. The van der Waals surface area contributed by atoms with Gasteiger partial charge in [-0.2, -0.15) is 0 Å². The Labute approximate surface area is 140 Å². The highest BCUT2D eigenvalue weighted by Gasteiger charge is 2.20. The Hall–Kier alpha value is -2.63. The quantitative estimate of drug-likeness (QED) is 0.753.